The molecule has 2 saturated heterocycles. The third kappa shape index (κ3) is 4.00. The lowest BCUT2D eigenvalue weighted by Crippen LogP contribution is -2.54. The Labute approximate surface area is 154 Å². The number of nitrogens with zero attached hydrogens (tertiary/aromatic N) is 1. The summed E-state index contributed by atoms with van der Waals surface area (Å²) in [7, 11) is -3.23. The SMILES string of the molecule is C[C@H](NC(=O)N1CCC2(CCC(=O)N2)CC1)c1ccc(S(C)(=O)=O)cc1. The number of carbonyl (C=O) groups excluding carboxylic acids is 2. The summed E-state index contributed by atoms with van der Waals surface area (Å²) >= 11 is 0. The summed E-state index contributed by atoms with van der Waals surface area (Å²) in [5.41, 5.74) is 0.725. The first-order valence-corrected chi connectivity index (χ1v) is 10.7. The van der Waals surface area contributed by atoms with Gasteiger partial charge in [0.2, 0.25) is 5.91 Å². The van der Waals surface area contributed by atoms with Gasteiger partial charge in [0.1, 0.15) is 0 Å². The standard InChI is InChI=1S/C18H25N3O4S/c1-13(14-3-5-15(6-4-14)26(2,24)25)19-17(23)21-11-9-18(10-12-21)8-7-16(22)20-18/h3-6,13H,7-12H2,1-2H3,(H,19,23)(H,20,22)/t13-/m0/s1. The van der Waals surface area contributed by atoms with Crippen molar-refractivity contribution in [2.24, 2.45) is 0 Å². The molecule has 8 heteroatoms. The molecule has 0 aromatic heterocycles. The zero-order valence-corrected chi connectivity index (χ0v) is 15.9. The van der Waals surface area contributed by atoms with Gasteiger partial charge < -0.3 is 15.5 Å². The highest BCUT2D eigenvalue weighted by Crippen LogP contribution is 2.31. The second-order valence-corrected chi connectivity index (χ2v) is 9.34. The van der Waals surface area contributed by atoms with E-state index >= 15 is 0 Å². The van der Waals surface area contributed by atoms with Gasteiger partial charge in [-0.2, -0.15) is 0 Å². The molecule has 3 rings (SSSR count). The molecule has 2 N–H and O–H groups in total. The molecular formula is C18H25N3O4S. The summed E-state index contributed by atoms with van der Waals surface area (Å²) < 4.78 is 23.0. The predicted molar refractivity (Wildman–Crippen MR) is 97.4 cm³/mol. The fraction of sp³-hybridized carbons (Fsp3) is 0.556. The first kappa shape index (κ1) is 18.7. The van der Waals surface area contributed by atoms with Gasteiger partial charge >= 0.3 is 6.03 Å². The van der Waals surface area contributed by atoms with Crippen LogP contribution in [0.4, 0.5) is 4.79 Å². The lowest BCUT2D eigenvalue weighted by atomic mass is 9.86. The van der Waals surface area contributed by atoms with Gasteiger partial charge in [0.25, 0.3) is 0 Å². The van der Waals surface area contributed by atoms with E-state index in [1.165, 1.54) is 6.26 Å². The van der Waals surface area contributed by atoms with Gasteiger partial charge in [0, 0.05) is 31.3 Å². The van der Waals surface area contributed by atoms with E-state index in [1.807, 2.05) is 6.92 Å². The molecule has 0 saturated carbocycles. The molecular weight excluding hydrogens is 354 g/mol. The molecule has 1 atom stereocenters. The maximum absolute atomic E-state index is 12.5. The van der Waals surface area contributed by atoms with E-state index in [-0.39, 0.29) is 28.4 Å². The lowest BCUT2D eigenvalue weighted by molar-refractivity contribution is -0.120. The van der Waals surface area contributed by atoms with Crippen LogP contribution in [0.3, 0.4) is 0 Å². The zero-order valence-electron chi connectivity index (χ0n) is 15.1. The molecule has 1 spiro atoms. The number of urea groups is 1. The van der Waals surface area contributed by atoms with Crippen LogP contribution in [0.15, 0.2) is 29.2 Å². The molecule has 0 unspecified atom stereocenters. The summed E-state index contributed by atoms with van der Waals surface area (Å²) in [4.78, 5) is 26.0. The number of hydrogen-bond donors (Lipinski definition) is 2. The van der Waals surface area contributed by atoms with Crippen LogP contribution < -0.4 is 10.6 Å². The molecule has 0 radical (unpaired) electrons. The van der Waals surface area contributed by atoms with Gasteiger partial charge in [-0.05, 0) is 43.9 Å². The van der Waals surface area contributed by atoms with Crippen LogP contribution in [0.5, 0.6) is 0 Å². The molecule has 3 amide bonds. The molecule has 2 aliphatic rings. The zero-order chi connectivity index (χ0) is 18.9. The summed E-state index contributed by atoms with van der Waals surface area (Å²) in [6.45, 7) is 3.10. The molecule has 2 fully saturated rings. The monoisotopic (exact) mass is 379 g/mol. The smallest absolute Gasteiger partial charge is 0.317 e. The van der Waals surface area contributed by atoms with Crippen molar-refractivity contribution in [1.29, 1.82) is 0 Å². The fourth-order valence-electron chi connectivity index (χ4n) is 3.65. The van der Waals surface area contributed by atoms with Crippen molar-refractivity contribution in [2.45, 2.75) is 49.1 Å². The normalized spacial score (nSPS) is 20.7. The number of piperidine rings is 1. The van der Waals surface area contributed by atoms with Crippen molar-refractivity contribution in [3.8, 4) is 0 Å². The largest absolute Gasteiger partial charge is 0.351 e. The van der Waals surface area contributed by atoms with Gasteiger partial charge in [0.15, 0.2) is 9.84 Å². The molecule has 1 aromatic carbocycles. The minimum Gasteiger partial charge on any atom is -0.351 e. The Kier molecular flexibility index (Phi) is 4.96. The van der Waals surface area contributed by atoms with Crippen LogP contribution in [-0.2, 0) is 14.6 Å². The van der Waals surface area contributed by atoms with Crippen molar-refractivity contribution in [3.63, 3.8) is 0 Å². The maximum atomic E-state index is 12.5. The van der Waals surface area contributed by atoms with Gasteiger partial charge in [-0.15, -0.1) is 0 Å². The molecule has 1 aromatic rings. The van der Waals surface area contributed by atoms with Crippen LogP contribution in [-0.4, -0.2) is 50.1 Å². The third-order valence-electron chi connectivity index (χ3n) is 5.39. The van der Waals surface area contributed by atoms with Crippen molar-refractivity contribution >= 4 is 21.8 Å². The molecule has 2 aliphatic heterocycles. The van der Waals surface area contributed by atoms with Crippen molar-refractivity contribution < 1.29 is 18.0 Å². The number of nitrogens with one attached hydrogen (secondary N) is 2. The third-order valence-corrected chi connectivity index (χ3v) is 6.52. The first-order valence-electron chi connectivity index (χ1n) is 8.85. The number of hydrogen-bond acceptors (Lipinski definition) is 4. The fourth-order valence-corrected chi connectivity index (χ4v) is 4.28. The number of likely N-dealkylation sites (tertiary alicyclic amines) is 1. The van der Waals surface area contributed by atoms with Gasteiger partial charge in [-0.3, -0.25) is 4.79 Å². The molecule has 2 heterocycles. The average molecular weight is 379 g/mol. The van der Waals surface area contributed by atoms with E-state index in [4.69, 9.17) is 0 Å². The van der Waals surface area contributed by atoms with E-state index in [0.717, 1.165) is 24.8 Å². The number of carbonyl (C=O) groups is 2. The number of rotatable bonds is 3. The maximum Gasteiger partial charge on any atom is 0.317 e. The van der Waals surface area contributed by atoms with Gasteiger partial charge in [-0.25, -0.2) is 13.2 Å². The molecule has 142 valence electrons. The Morgan fingerprint density at radius 3 is 2.31 bits per heavy atom. The first-order chi connectivity index (χ1) is 12.2. The van der Waals surface area contributed by atoms with Crippen molar-refractivity contribution in [1.82, 2.24) is 15.5 Å². The van der Waals surface area contributed by atoms with Crippen LogP contribution in [0, 0.1) is 0 Å². The topological polar surface area (TPSA) is 95.6 Å². The van der Waals surface area contributed by atoms with Crippen LogP contribution in [0.1, 0.15) is 44.2 Å². The second kappa shape index (κ2) is 6.90. The summed E-state index contributed by atoms with van der Waals surface area (Å²) in [5, 5.41) is 6.03. The van der Waals surface area contributed by atoms with Crippen molar-refractivity contribution in [3.05, 3.63) is 29.8 Å². The Bertz CT molecular complexity index is 796. The van der Waals surface area contributed by atoms with Crippen LogP contribution in [0.2, 0.25) is 0 Å². The molecule has 26 heavy (non-hydrogen) atoms. The quantitative estimate of drug-likeness (QED) is 0.834. The summed E-state index contributed by atoms with van der Waals surface area (Å²) in [6.07, 6.45) is 4.16. The Morgan fingerprint density at radius 1 is 1.19 bits per heavy atom. The predicted octanol–water partition coefficient (Wildman–Crippen LogP) is 1.61. The number of benzene rings is 1. The Morgan fingerprint density at radius 2 is 1.81 bits per heavy atom. The minimum absolute atomic E-state index is 0.106. The highest BCUT2D eigenvalue weighted by atomic mass is 32.2. The van der Waals surface area contributed by atoms with E-state index in [9.17, 15) is 18.0 Å². The number of amides is 3. The summed E-state index contributed by atoms with van der Waals surface area (Å²) in [6, 6.07) is 6.20. The van der Waals surface area contributed by atoms with Gasteiger partial charge in [-0.1, -0.05) is 12.1 Å². The molecule has 0 bridgehead atoms. The summed E-state index contributed by atoms with van der Waals surface area (Å²) in [5.74, 6) is 0.106. The number of sulfone groups is 1. The van der Waals surface area contributed by atoms with Gasteiger partial charge in [0.05, 0.1) is 10.9 Å². The Balaban J connectivity index is 1.56. The van der Waals surface area contributed by atoms with E-state index < -0.39 is 9.84 Å². The van der Waals surface area contributed by atoms with Crippen LogP contribution >= 0.6 is 0 Å². The van der Waals surface area contributed by atoms with Crippen molar-refractivity contribution in [2.75, 3.05) is 19.3 Å². The lowest BCUT2D eigenvalue weighted by Gasteiger charge is -2.39. The molecule has 7 nitrogen and oxygen atoms in total. The molecule has 0 aliphatic carbocycles. The van der Waals surface area contributed by atoms with E-state index in [1.54, 1.807) is 29.2 Å². The Hall–Kier alpha value is -2.09. The van der Waals surface area contributed by atoms with Crippen LogP contribution in [0.25, 0.3) is 0 Å². The van der Waals surface area contributed by atoms with E-state index in [0.29, 0.717) is 19.5 Å². The average Bonchev–Trinajstić information content (AvgIpc) is 2.95. The minimum atomic E-state index is -3.23. The highest BCUT2D eigenvalue weighted by Gasteiger charge is 2.41. The highest BCUT2D eigenvalue weighted by molar-refractivity contribution is 7.90. The second-order valence-electron chi connectivity index (χ2n) is 7.33. The van der Waals surface area contributed by atoms with E-state index in [2.05, 4.69) is 10.6 Å².